The monoisotopic (exact) mass is 604 g/mol. The summed E-state index contributed by atoms with van der Waals surface area (Å²) in [5.41, 5.74) is -0.461. The number of hydroxylamine groups is 3. The number of hydrogen-bond donors (Lipinski definition) is 3. The fourth-order valence-corrected chi connectivity index (χ4v) is 5.27. The number of amides is 1. The molecule has 1 amide bonds. The number of rotatable bonds is 10. The van der Waals surface area contributed by atoms with E-state index in [0.29, 0.717) is 29.9 Å². The topological polar surface area (TPSA) is 124 Å². The summed E-state index contributed by atoms with van der Waals surface area (Å²) in [6.07, 6.45) is -4.17. The van der Waals surface area contributed by atoms with E-state index in [9.17, 15) is 33.1 Å². The van der Waals surface area contributed by atoms with Gasteiger partial charge in [0.2, 0.25) is 0 Å². The molecule has 4 rings (SSSR count). The number of ether oxygens (including phenoxy) is 1. The number of carbonyl (C=O) groups is 2. The number of benzene rings is 2. The van der Waals surface area contributed by atoms with Gasteiger partial charge >= 0.3 is 12.1 Å². The number of pyridine rings is 1. The second-order valence-corrected chi connectivity index (χ2v) is 10.4. The normalized spacial score (nSPS) is 16.4. The third-order valence-corrected chi connectivity index (χ3v) is 7.45. The lowest BCUT2D eigenvalue weighted by atomic mass is 9.78. The number of alkyl halides is 3. The van der Waals surface area contributed by atoms with Gasteiger partial charge in [-0.15, -0.1) is 5.06 Å². The number of carbonyl (C=O) groups excluding carboxylic acids is 2. The number of aryl methyl sites for hydroxylation is 1. The van der Waals surface area contributed by atoms with E-state index in [1.54, 1.807) is 36.9 Å². The van der Waals surface area contributed by atoms with E-state index < -0.39 is 35.3 Å². The Bertz CT molecular complexity index is 1440. The first-order chi connectivity index (χ1) is 20.4. The second kappa shape index (κ2) is 13.1. The van der Waals surface area contributed by atoms with Gasteiger partial charge in [-0.05, 0) is 56.2 Å². The average molecular weight is 605 g/mol. The Morgan fingerprint density at radius 1 is 1.05 bits per heavy atom. The van der Waals surface area contributed by atoms with Crippen LogP contribution in [-0.4, -0.2) is 65.0 Å². The lowest BCUT2D eigenvalue weighted by Gasteiger charge is -2.38. The predicted octanol–water partition coefficient (Wildman–Crippen LogP) is 4.35. The molecule has 0 spiro atoms. The zero-order valence-corrected chi connectivity index (χ0v) is 24.1. The van der Waals surface area contributed by atoms with Gasteiger partial charge in [-0.1, -0.05) is 37.1 Å². The number of hydrogen-bond acceptors (Lipinski definition) is 9. The maximum atomic E-state index is 13.6. The van der Waals surface area contributed by atoms with Gasteiger partial charge < -0.3 is 19.6 Å². The van der Waals surface area contributed by atoms with Gasteiger partial charge in [0.1, 0.15) is 17.4 Å². The maximum absolute atomic E-state index is 13.6. The number of anilines is 1. The number of aromatic nitrogens is 1. The van der Waals surface area contributed by atoms with E-state index >= 15 is 0 Å². The highest BCUT2D eigenvalue weighted by atomic mass is 19.4. The van der Waals surface area contributed by atoms with Crippen molar-refractivity contribution in [2.45, 2.75) is 45.4 Å². The molecule has 1 aliphatic rings. The first-order valence-electron chi connectivity index (χ1n) is 14.0. The number of aliphatic hydroxyl groups is 1. The summed E-state index contributed by atoms with van der Waals surface area (Å²) in [6.45, 7) is 6.58. The van der Waals surface area contributed by atoms with Crippen LogP contribution in [0.4, 0.5) is 18.9 Å². The Balaban J connectivity index is 1.54. The number of halogens is 3. The first kappa shape index (κ1) is 32.0. The van der Waals surface area contributed by atoms with Crippen molar-refractivity contribution in [2.75, 3.05) is 37.7 Å². The molecule has 43 heavy (non-hydrogen) atoms. The van der Waals surface area contributed by atoms with Gasteiger partial charge in [-0.2, -0.15) is 13.2 Å². The molecule has 2 aromatic carbocycles. The van der Waals surface area contributed by atoms with Crippen LogP contribution < -0.4 is 15.1 Å². The van der Waals surface area contributed by atoms with Crippen LogP contribution in [0.25, 0.3) is 10.9 Å². The van der Waals surface area contributed by atoms with E-state index in [1.165, 1.54) is 34.8 Å². The Hall–Kier alpha value is -3.94. The lowest BCUT2D eigenvalue weighted by molar-refractivity contribution is -0.208. The van der Waals surface area contributed by atoms with Crippen LogP contribution in [0.5, 0.6) is 5.75 Å². The summed E-state index contributed by atoms with van der Waals surface area (Å²) in [4.78, 5) is 37.5. The molecule has 2 atom stereocenters. The molecule has 2 unspecified atom stereocenters. The molecule has 13 heteroatoms. The van der Waals surface area contributed by atoms with Crippen molar-refractivity contribution in [2.24, 2.45) is 5.92 Å². The summed E-state index contributed by atoms with van der Waals surface area (Å²) in [5, 5.41) is 23.0. The quantitative estimate of drug-likeness (QED) is 0.229. The molecule has 1 saturated heterocycles. The van der Waals surface area contributed by atoms with Crippen molar-refractivity contribution in [1.29, 1.82) is 0 Å². The highest BCUT2D eigenvalue weighted by Gasteiger charge is 2.50. The fourth-order valence-electron chi connectivity index (χ4n) is 5.27. The van der Waals surface area contributed by atoms with Gasteiger partial charge in [0.15, 0.2) is 5.60 Å². The molecule has 0 bridgehead atoms. The van der Waals surface area contributed by atoms with Gasteiger partial charge in [0, 0.05) is 24.2 Å². The van der Waals surface area contributed by atoms with Crippen LogP contribution in [0, 0.1) is 12.8 Å². The standard InChI is InChI=1S/C30H35F3N4O6/c1-4-6-23(29(40,28(39)35-41)20-8-10-21(11-9-20)42-5-2)27(38)43-37-15-13-36(14-16-37)25-18-26(30(31,32)33)34-24-12-7-19(3)17-22(24)25/h7-12,17-18,23,40-41H,4-6,13-16H2,1-3H3,(H,35,39). The molecule has 232 valence electrons. The Morgan fingerprint density at radius 3 is 2.30 bits per heavy atom. The first-order valence-corrected chi connectivity index (χ1v) is 14.0. The number of fused-ring (bicyclic) bond motifs is 1. The summed E-state index contributed by atoms with van der Waals surface area (Å²) >= 11 is 0. The molecule has 2 heterocycles. The minimum Gasteiger partial charge on any atom is -0.494 e. The zero-order valence-electron chi connectivity index (χ0n) is 24.1. The maximum Gasteiger partial charge on any atom is 0.433 e. The molecule has 3 N–H and O–H groups in total. The third kappa shape index (κ3) is 6.84. The van der Waals surface area contributed by atoms with Crippen molar-refractivity contribution in [3.63, 3.8) is 0 Å². The highest BCUT2D eigenvalue weighted by Crippen LogP contribution is 2.37. The molecule has 10 nitrogen and oxygen atoms in total. The van der Waals surface area contributed by atoms with Gasteiger partial charge in [0.25, 0.3) is 5.91 Å². The van der Waals surface area contributed by atoms with Crippen LogP contribution in [-0.2, 0) is 26.2 Å². The van der Waals surface area contributed by atoms with Crippen LogP contribution in [0.1, 0.15) is 43.5 Å². The predicted molar refractivity (Wildman–Crippen MR) is 151 cm³/mol. The molecule has 1 fully saturated rings. The number of piperazine rings is 1. The smallest absolute Gasteiger partial charge is 0.433 e. The van der Waals surface area contributed by atoms with E-state index in [-0.39, 0.29) is 43.7 Å². The van der Waals surface area contributed by atoms with Crippen molar-refractivity contribution in [3.05, 3.63) is 65.4 Å². The highest BCUT2D eigenvalue weighted by molar-refractivity contribution is 5.93. The average Bonchev–Trinajstić information content (AvgIpc) is 2.99. The largest absolute Gasteiger partial charge is 0.494 e. The van der Waals surface area contributed by atoms with Crippen LogP contribution in [0.2, 0.25) is 0 Å². The van der Waals surface area contributed by atoms with Crippen LogP contribution in [0.15, 0.2) is 48.5 Å². The molecule has 3 aromatic rings. The van der Waals surface area contributed by atoms with Gasteiger partial charge in [-0.25, -0.2) is 15.3 Å². The Labute approximate surface area is 246 Å². The van der Waals surface area contributed by atoms with E-state index in [2.05, 4.69) is 4.98 Å². The van der Waals surface area contributed by atoms with Crippen LogP contribution in [0.3, 0.4) is 0 Å². The summed E-state index contributed by atoms with van der Waals surface area (Å²) < 4.78 is 46.3. The van der Waals surface area contributed by atoms with Crippen molar-refractivity contribution < 1.29 is 42.6 Å². The zero-order chi connectivity index (χ0) is 31.4. The molecular weight excluding hydrogens is 569 g/mol. The Kier molecular flexibility index (Phi) is 9.78. The van der Waals surface area contributed by atoms with Gasteiger partial charge in [-0.3, -0.25) is 10.0 Å². The van der Waals surface area contributed by atoms with Gasteiger partial charge in [0.05, 0.1) is 25.2 Å². The van der Waals surface area contributed by atoms with Crippen molar-refractivity contribution in [1.82, 2.24) is 15.5 Å². The summed E-state index contributed by atoms with van der Waals surface area (Å²) in [7, 11) is 0. The lowest BCUT2D eigenvalue weighted by Crippen LogP contribution is -2.54. The Morgan fingerprint density at radius 2 is 1.72 bits per heavy atom. The van der Waals surface area contributed by atoms with Crippen molar-refractivity contribution in [3.8, 4) is 5.75 Å². The SMILES string of the molecule is CCCC(C(=O)ON1CCN(c2cc(C(F)(F)F)nc3ccc(C)cc23)CC1)C(O)(C(=O)NO)c1ccc(OCC)cc1. The minimum absolute atomic E-state index is 0.0541. The fraction of sp³-hybridized carbons (Fsp3) is 0.433. The molecule has 1 aliphatic heterocycles. The number of nitrogens with zero attached hydrogens (tertiary/aromatic N) is 3. The molecule has 0 saturated carbocycles. The summed E-state index contributed by atoms with van der Waals surface area (Å²) in [6, 6.07) is 12.0. The van der Waals surface area contributed by atoms with E-state index in [4.69, 9.17) is 9.57 Å². The van der Waals surface area contributed by atoms with Crippen molar-refractivity contribution >= 4 is 28.5 Å². The van der Waals surface area contributed by atoms with Crippen LogP contribution >= 0.6 is 0 Å². The summed E-state index contributed by atoms with van der Waals surface area (Å²) in [5.74, 6) is -2.98. The third-order valence-electron chi connectivity index (χ3n) is 7.45. The van der Waals surface area contributed by atoms with E-state index in [1.807, 2.05) is 6.92 Å². The second-order valence-electron chi connectivity index (χ2n) is 10.4. The number of nitrogens with one attached hydrogen (secondary N) is 1. The molecular formula is C30H35F3N4O6. The minimum atomic E-state index is -4.62. The molecule has 0 aliphatic carbocycles. The van der Waals surface area contributed by atoms with E-state index in [0.717, 1.165) is 11.6 Å². The molecule has 1 aromatic heterocycles. The molecule has 0 radical (unpaired) electrons.